The zero-order valence-corrected chi connectivity index (χ0v) is 16.5. The fourth-order valence-corrected chi connectivity index (χ4v) is 4.37. The summed E-state index contributed by atoms with van der Waals surface area (Å²) in [7, 11) is -2.49. The predicted molar refractivity (Wildman–Crippen MR) is 99.9 cm³/mol. The van der Waals surface area contributed by atoms with Crippen molar-refractivity contribution in [1.29, 1.82) is 0 Å². The lowest BCUT2D eigenvalue weighted by Gasteiger charge is -2.26. The van der Waals surface area contributed by atoms with Crippen LogP contribution in [0, 0.1) is 0 Å². The van der Waals surface area contributed by atoms with E-state index in [0.29, 0.717) is 0 Å². The van der Waals surface area contributed by atoms with Crippen LogP contribution in [-0.4, -0.2) is 39.4 Å². The topological polar surface area (TPSA) is 89.5 Å². The van der Waals surface area contributed by atoms with E-state index in [1.54, 1.807) is 0 Å². The molecule has 1 aliphatic carbocycles. The molecule has 2 aliphatic rings. The highest BCUT2D eigenvalue weighted by Crippen LogP contribution is 2.31. The van der Waals surface area contributed by atoms with E-state index in [4.69, 9.17) is 4.74 Å². The third-order valence-corrected chi connectivity index (χ3v) is 6.10. The summed E-state index contributed by atoms with van der Waals surface area (Å²) in [6.45, 7) is 6.16. The van der Waals surface area contributed by atoms with E-state index in [1.807, 2.05) is 26.8 Å². The van der Waals surface area contributed by atoms with E-state index in [2.05, 4.69) is 11.4 Å². The lowest BCUT2D eigenvalue weighted by Crippen LogP contribution is -2.41. The van der Waals surface area contributed by atoms with Crippen LogP contribution >= 0.6 is 0 Å². The molecule has 0 radical (unpaired) electrons. The zero-order chi connectivity index (χ0) is 19.5. The minimum absolute atomic E-state index is 0.118. The van der Waals surface area contributed by atoms with Gasteiger partial charge in [-0.2, -0.15) is 0 Å². The highest BCUT2D eigenvalue weighted by Gasteiger charge is 2.43. The molecule has 26 heavy (non-hydrogen) atoms. The summed E-state index contributed by atoms with van der Waals surface area (Å²) in [4.78, 5) is 24.9. The van der Waals surface area contributed by atoms with Gasteiger partial charge in [0.1, 0.15) is 10.6 Å². The summed E-state index contributed by atoms with van der Waals surface area (Å²) in [5, 5.41) is 2.78. The Kier molecular flexibility index (Phi) is 6.23. The molecule has 0 bridgehead atoms. The van der Waals surface area contributed by atoms with Crippen LogP contribution in [0.4, 0.5) is 0 Å². The van der Waals surface area contributed by atoms with E-state index in [0.717, 1.165) is 18.4 Å². The molecule has 0 saturated carbocycles. The fraction of sp³-hybridized carbons (Fsp3) is 0.474. The number of sulfone groups is 1. The molecule has 0 aromatic heterocycles. The van der Waals surface area contributed by atoms with Crippen molar-refractivity contribution in [1.82, 2.24) is 5.32 Å². The van der Waals surface area contributed by atoms with Crippen LogP contribution in [0.1, 0.15) is 40.0 Å². The quantitative estimate of drug-likeness (QED) is 0.563. The number of nitrogens with one attached hydrogen (secondary N) is 1. The van der Waals surface area contributed by atoms with Gasteiger partial charge in [0, 0.05) is 6.54 Å². The molecular weight excluding hydrogens is 354 g/mol. The molecule has 1 N–H and O–H groups in total. The minimum atomic E-state index is -3.77. The van der Waals surface area contributed by atoms with E-state index >= 15 is 0 Å². The van der Waals surface area contributed by atoms with Gasteiger partial charge in [0.25, 0.3) is 0 Å². The van der Waals surface area contributed by atoms with Crippen molar-refractivity contribution < 1.29 is 22.7 Å². The van der Waals surface area contributed by atoms with Crippen molar-refractivity contribution in [3.05, 3.63) is 45.2 Å². The number of ether oxygens (including phenoxy) is 1. The minimum Gasteiger partial charge on any atom is -0.492 e. The first-order valence-electron chi connectivity index (χ1n) is 8.55. The molecule has 0 aromatic rings. The molecule has 0 aromatic carbocycles. The molecule has 0 amide bonds. The van der Waals surface area contributed by atoms with Crippen molar-refractivity contribution in [3.63, 3.8) is 0 Å². The summed E-state index contributed by atoms with van der Waals surface area (Å²) in [6.07, 6.45) is 6.01. The number of rotatable bonds is 6. The normalized spacial score (nSPS) is 19.9. The second kappa shape index (κ2) is 8.03. The Hall–Kier alpha value is -2.15. The largest absolute Gasteiger partial charge is 0.492 e. The Morgan fingerprint density at radius 3 is 2.46 bits per heavy atom. The Labute approximate surface area is 154 Å². The Bertz CT molecular complexity index is 852. The summed E-state index contributed by atoms with van der Waals surface area (Å²) in [5.41, 5.74) is 2.42. The third kappa shape index (κ3) is 4.15. The second-order valence-electron chi connectivity index (χ2n) is 6.69. The maximum absolute atomic E-state index is 12.8. The lowest BCUT2D eigenvalue weighted by atomic mass is 9.94. The van der Waals surface area contributed by atoms with Gasteiger partial charge in [0.15, 0.2) is 15.6 Å². The van der Waals surface area contributed by atoms with E-state index in [1.165, 1.54) is 12.7 Å². The highest BCUT2D eigenvalue weighted by molar-refractivity contribution is 7.96. The highest BCUT2D eigenvalue weighted by atomic mass is 32.2. The van der Waals surface area contributed by atoms with E-state index in [-0.39, 0.29) is 35.7 Å². The molecule has 6 nitrogen and oxygen atoms in total. The number of hydrogen-bond donors (Lipinski definition) is 1. The van der Waals surface area contributed by atoms with Crippen LogP contribution in [-0.2, 0) is 24.2 Å². The molecule has 0 fully saturated rings. The summed E-state index contributed by atoms with van der Waals surface area (Å²) >= 11 is 0. The van der Waals surface area contributed by atoms with Gasteiger partial charge in [-0.05, 0) is 40.0 Å². The van der Waals surface area contributed by atoms with Crippen molar-refractivity contribution in [2.75, 3.05) is 19.4 Å². The molecule has 1 aliphatic heterocycles. The smallest absolute Gasteiger partial charge is 0.241 e. The van der Waals surface area contributed by atoms with Crippen LogP contribution in [0.3, 0.4) is 0 Å². The first kappa shape index (κ1) is 20.2. The average Bonchev–Trinajstić information content (AvgIpc) is 2.55. The van der Waals surface area contributed by atoms with Gasteiger partial charge in [-0.1, -0.05) is 23.3 Å². The Morgan fingerprint density at radius 1 is 1.15 bits per heavy atom. The Morgan fingerprint density at radius 2 is 1.85 bits per heavy atom. The predicted octanol–water partition coefficient (Wildman–Crippen LogP) is 2.35. The van der Waals surface area contributed by atoms with Crippen LogP contribution in [0.15, 0.2) is 45.2 Å². The SMILES string of the molecule is COC1=C(C/C=C(\C)CCC=C(C)C)C(=O)C2=C(C1=O)S(=O)(=O)CCN2. The zero-order valence-electron chi connectivity index (χ0n) is 15.6. The van der Waals surface area contributed by atoms with Crippen molar-refractivity contribution in [3.8, 4) is 0 Å². The van der Waals surface area contributed by atoms with Crippen LogP contribution in [0.2, 0.25) is 0 Å². The first-order valence-corrected chi connectivity index (χ1v) is 10.2. The van der Waals surface area contributed by atoms with E-state index in [9.17, 15) is 18.0 Å². The fourth-order valence-electron chi connectivity index (χ4n) is 2.95. The van der Waals surface area contributed by atoms with Gasteiger partial charge < -0.3 is 10.1 Å². The summed E-state index contributed by atoms with van der Waals surface area (Å²) in [6, 6.07) is 0. The van der Waals surface area contributed by atoms with Crippen LogP contribution in [0.5, 0.6) is 0 Å². The maximum atomic E-state index is 12.8. The second-order valence-corrected chi connectivity index (χ2v) is 8.74. The number of carbonyl (C=O) groups excluding carboxylic acids is 2. The number of ketones is 2. The monoisotopic (exact) mass is 379 g/mol. The molecule has 0 atom stereocenters. The maximum Gasteiger partial charge on any atom is 0.241 e. The van der Waals surface area contributed by atoms with Crippen molar-refractivity contribution in [2.45, 2.75) is 40.0 Å². The lowest BCUT2D eigenvalue weighted by molar-refractivity contribution is -0.118. The Balaban J connectivity index is 2.30. The van der Waals surface area contributed by atoms with Crippen LogP contribution in [0.25, 0.3) is 0 Å². The summed E-state index contributed by atoms with van der Waals surface area (Å²) < 4.78 is 29.5. The molecule has 2 rings (SSSR count). The molecule has 0 unspecified atom stereocenters. The molecule has 0 saturated heterocycles. The summed E-state index contributed by atoms with van der Waals surface area (Å²) in [5.74, 6) is -1.59. The number of hydrogen-bond acceptors (Lipinski definition) is 6. The third-order valence-electron chi connectivity index (χ3n) is 4.35. The average molecular weight is 379 g/mol. The van der Waals surface area contributed by atoms with Gasteiger partial charge in [-0.3, -0.25) is 9.59 Å². The number of allylic oxidation sites excluding steroid dienone is 6. The van der Waals surface area contributed by atoms with Gasteiger partial charge in [-0.25, -0.2) is 8.42 Å². The van der Waals surface area contributed by atoms with Gasteiger partial charge in [0.05, 0.1) is 18.4 Å². The molecule has 1 heterocycles. The number of methoxy groups -OCH3 is 1. The molecule has 7 heteroatoms. The van der Waals surface area contributed by atoms with Gasteiger partial charge in [0.2, 0.25) is 11.6 Å². The molecular formula is C19H25NO5S. The van der Waals surface area contributed by atoms with E-state index < -0.39 is 26.3 Å². The number of Topliss-reactive ketones (excluding diaryl/α,β-unsaturated/α-hetero) is 2. The van der Waals surface area contributed by atoms with Crippen molar-refractivity contribution in [2.24, 2.45) is 0 Å². The molecule has 142 valence electrons. The first-order chi connectivity index (χ1) is 12.2. The van der Waals surface area contributed by atoms with Gasteiger partial charge in [-0.15, -0.1) is 0 Å². The van der Waals surface area contributed by atoms with Crippen LogP contribution < -0.4 is 5.32 Å². The molecule has 0 spiro atoms. The number of carbonyl (C=O) groups is 2. The van der Waals surface area contributed by atoms with Crippen molar-refractivity contribution >= 4 is 21.4 Å². The van der Waals surface area contributed by atoms with Gasteiger partial charge >= 0.3 is 0 Å². The standard InChI is InChI=1S/C19H25NO5S/c1-12(2)6-5-7-13(3)8-9-14-16(21)15-19(17(22)18(14)25-4)26(23,24)11-10-20-15/h6,8,20H,5,7,9-11H2,1-4H3/b13-8+.